The van der Waals surface area contributed by atoms with E-state index in [-0.39, 0.29) is 25.2 Å². The summed E-state index contributed by atoms with van der Waals surface area (Å²) >= 11 is 0. The summed E-state index contributed by atoms with van der Waals surface area (Å²) in [5, 5.41) is 9.16. The summed E-state index contributed by atoms with van der Waals surface area (Å²) in [5.41, 5.74) is 2.07. The smallest absolute Gasteiger partial charge is 0.253 e. The van der Waals surface area contributed by atoms with Gasteiger partial charge < -0.3 is 14.7 Å². The molecule has 18 heavy (non-hydrogen) atoms. The fraction of sp³-hybridized carbons (Fsp3) is 0.500. The first-order chi connectivity index (χ1) is 8.63. The second-order valence-corrected chi connectivity index (χ2v) is 4.83. The van der Waals surface area contributed by atoms with Crippen molar-refractivity contribution in [2.24, 2.45) is 0 Å². The molecule has 0 saturated carbocycles. The SMILES string of the molecule is CC(C)c1ccccc1N1CC(CO)OCC1=O. The Bertz CT molecular complexity index is 431. The van der Waals surface area contributed by atoms with Crippen molar-refractivity contribution in [3.63, 3.8) is 0 Å². The molecule has 1 amide bonds. The second kappa shape index (κ2) is 5.50. The monoisotopic (exact) mass is 249 g/mol. The zero-order valence-electron chi connectivity index (χ0n) is 10.8. The number of carbonyl (C=O) groups excluding carboxylic acids is 1. The predicted octanol–water partition coefficient (Wildman–Crippen LogP) is 1.53. The summed E-state index contributed by atoms with van der Waals surface area (Å²) in [5.74, 6) is 0.303. The molecule has 1 aromatic rings. The maximum atomic E-state index is 12.0. The van der Waals surface area contributed by atoms with E-state index in [4.69, 9.17) is 9.84 Å². The van der Waals surface area contributed by atoms with Gasteiger partial charge in [0, 0.05) is 5.69 Å². The highest BCUT2D eigenvalue weighted by molar-refractivity contribution is 5.95. The van der Waals surface area contributed by atoms with Gasteiger partial charge >= 0.3 is 0 Å². The fourth-order valence-electron chi connectivity index (χ4n) is 2.19. The van der Waals surface area contributed by atoms with Crippen LogP contribution < -0.4 is 4.90 Å². The number of aliphatic hydroxyl groups is 1. The topological polar surface area (TPSA) is 49.8 Å². The molecule has 98 valence electrons. The van der Waals surface area contributed by atoms with Gasteiger partial charge in [0.1, 0.15) is 6.61 Å². The zero-order chi connectivity index (χ0) is 13.1. The van der Waals surface area contributed by atoms with Crippen molar-refractivity contribution in [2.45, 2.75) is 25.9 Å². The summed E-state index contributed by atoms with van der Waals surface area (Å²) in [7, 11) is 0. The van der Waals surface area contributed by atoms with E-state index < -0.39 is 0 Å². The van der Waals surface area contributed by atoms with Crippen LogP contribution in [-0.2, 0) is 9.53 Å². The molecule has 1 atom stereocenters. The Morgan fingerprint density at radius 2 is 2.17 bits per heavy atom. The largest absolute Gasteiger partial charge is 0.394 e. The number of nitrogens with zero attached hydrogens (tertiary/aromatic N) is 1. The molecule has 1 saturated heterocycles. The van der Waals surface area contributed by atoms with Gasteiger partial charge in [-0.3, -0.25) is 4.79 Å². The normalized spacial score (nSPS) is 20.6. The van der Waals surface area contributed by atoms with Crippen molar-refractivity contribution in [3.05, 3.63) is 29.8 Å². The third-order valence-electron chi connectivity index (χ3n) is 3.18. The van der Waals surface area contributed by atoms with Crippen LogP contribution in [0, 0.1) is 0 Å². The summed E-state index contributed by atoms with van der Waals surface area (Å²) < 4.78 is 5.25. The van der Waals surface area contributed by atoms with E-state index in [0.29, 0.717) is 12.5 Å². The van der Waals surface area contributed by atoms with Gasteiger partial charge in [0.25, 0.3) is 5.91 Å². The van der Waals surface area contributed by atoms with Crippen molar-refractivity contribution in [3.8, 4) is 0 Å². The molecule has 0 aromatic heterocycles. The van der Waals surface area contributed by atoms with Crippen LogP contribution in [0.25, 0.3) is 0 Å². The molecule has 1 aliphatic heterocycles. The summed E-state index contributed by atoms with van der Waals surface area (Å²) in [6.07, 6.45) is -0.289. The standard InChI is InChI=1S/C14H19NO3/c1-10(2)12-5-3-4-6-13(12)15-7-11(8-16)18-9-14(15)17/h3-6,10-11,16H,7-9H2,1-2H3. The Morgan fingerprint density at radius 3 is 2.83 bits per heavy atom. The van der Waals surface area contributed by atoms with Gasteiger partial charge in [0.2, 0.25) is 0 Å². The number of rotatable bonds is 3. The van der Waals surface area contributed by atoms with Gasteiger partial charge in [-0.25, -0.2) is 0 Å². The van der Waals surface area contributed by atoms with Crippen molar-refractivity contribution in [2.75, 3.05) is 24.7 Å². The molecule has 0 radical (unpaired) electrons. The lowest BCUT2D eigenvalue weighted by Crippen LogP contribution is -2.48. The molecular formula is C14H19NO3. The quantitative estimate of drug-likeness (QED) is 0.884. The van der Waals surface area contributed by atoms with Crippen LogP contribution >= 0.6 is 0 Å². The minimum absolute atomic E-state index is 0.0393. The van der Waals surface area contributed by atoms with Gasteiger partial charge in [0.05, 0.1) is 19.3 Å². The summed E-state index contributed by atoms with van der Waals surface area (Å²) in [4.78, 5) is 13.7. The highest BCUT2D eigenvalue weighted by Gasteiger charge is 2.28. The first-order valence-corrected chi connectivity index (χ1v) is 6.25. The van der Waals surface area contributed by atoms with Crippen LogP contribution in [0.2, 0.25) is 0 Å². The number of ether oxygens (including phenoxy) is 1. The van der Waals surface area contributed by atoms with E-state index in [1.54, 1.807) is 4.90 Å². The number of benzene rings is 1. The van der Waals surface area contributed by atoms with E-state index in [0.717, 1.165) is 11.3 Å². The number of hydrogen-bond acceptors (Lipinski definition) is 3. The highest BCUT2D eigenvalue weighted by Crippen LogP contribution is 2.28. The summed E-state index contributed by atoms with van der Waals surface area (Å²) in [6, 6.07) is 7.90. The van der Waals surface area contributed by atoms with Gasteiger partial charge in [-0.1, -0.05) is 32.0 Å². The molecule has 4 heteroatoms. The Labute approximate surface area is 107 Å². The first-order valence-electron chi connectivity index (χ1n) is 6.25. The number of hydrogen-bond donors (Lipinski definition) is 1. The number of anilines is 1. The van der Waals surface area contributed by atoms with Gasteiger partial charge in [-0.15, -0.1) is 0 Å². The molecule has 1 fully saturated rings. The van der Waals surface area contributed by atoms with Crippen LogP contribution in [0.15, 0.2) is 24.3 Å². The lowest BCUT2D eigenvalue weighted by Gasteiger charge is -2.33. The number of para-hydroxylation sites is 1. The van der Waals surface area contributed by atoms with Crippen molar-refractivity contribution >= 4 is 11.6 Å². The molecule has 4 nitrogen and oxygen atoms in total. The predicted molar refractivity (Wildman–Crippen MR) is 69.7 cm³/mol. The maximum Gasteiger partial charge on any atom is 0.253 e. The average Bonchev–Trinajstić information content (AvgIpc) is 2.39. The van der Waals surface area contributed by atoms with Crippen molar-refractivity contribution < 1.29 is 14.6 Å². The number of amides is 1. The second-order valence-electron chi connectivity index (χ2n) is 4.83. The van der Waals surface area contributed by atoms with E-state index in [1.165, 1.54) is 0 Å². The Hall–Kier alpha value is -1.39. The lowest BCUT2D eigenvalue weighted by atomic mass is 10.00. The first kappa shape index (κ1) is 13.1. The van der Waals surface area contributed by atoms with Crippen molar-refractivity contribution in [1.82, 2.24) is 0 Å². The van der Waals surface area contributed by atoms with E-state index in [2.05, 4.69) is 13.8 Å². The third kappa shape index (κ3) is 2.54. The maximum absolute atomic E-state index is 12.0. The minimum atomic E-state index is -0.289. The van der Waals surface area contributed by atoms with E-state index in [1.807, 2.05) is 24.3 Å². The third-order valence-corrected chi connectivity index (χ3v) is 3.18. The average molecular weight is 249 g/mol. The molecular weight excluding hydrogens is 230 g/mol. The van der Waals surface area contributed by atoms with E-state index in [9.17, 15) is 4.79 Å². The number of morpholine rings is 1. The molecule has 1 unspecified atom stereocenters. The Balaban J connectivity index is 2.31. The van der Waals surface area contributed by atoms with Crippen LogP contribution in [0.5, 0.6) is 0 Å². The number of carbonyl (C=O) groups is 1. The Kier molecular flexibility index (Phi) is 3.99. The van der Waals surface area contributed by atoms with E-state index >= 15 is 0 Å². The molecule has 2 rings (SSSR count). The fourth-order valence-corrected chi connectivity index (χ4v) is 2.19. The van der Waals surface area contributed by atoms with Crippen LogP contribution in [0.1, 0.15) is 25.3 Å². The Morgan fingerprint density at radius 1 is 1.44 bits per heavy atom. The highest BCUT2D eigenvalue weighted by atomic mass is 16.5. The molecule has 1 heterocycles. The molecule has 0 spiro atoms. The molecule has 0 aliphatic carbocycles. The molecule has 0 bridgehead atoms. The zero-order valence-corrected chi connectivity index (χ0v) is 10.8. The molecule has 1 N–H and O–H groups in total. The van der Waals surface area contributed by atoms with Crippen LogP contribution in [0.4, 0.5) is 5.69 Å². The molecule has 1 aliphatic rings. The number of aliphatic hydroxyl groups excluding tert-OH is 1. The van der Waals surface area contributed by atoms with Crippen LogP contribution in [0.3, 0.4) is 0 Å². The minimum Gasteiger partial charge on any atom is -0.394 e. The van der Waals surface area contributed by atoms with Crippen LogP contribution in [-0.4, -0.2) is 36.9 Å². The lowest BCUT2D eigenvalue weighted by molar-refractivity contribution is -0.130. The summed E-state index contributed by atoms with van der Waals surface area (Å²) in [6.45, 7) is 4.60. The van der Waals surface area contributed by atoms with Gasteiger partial charge in [-0.05, 0) is 17.5 Å². The van der Waals surface area contributed by atoms with Gasteiger partial charge in [-0.2, -0.15) is 0 Å². The van der Waals surface area contributed by atoms with Crippen molar-refractivity contribution in [1.29, 1.82) is 0 Å². The molecule has 1 aromatic carbocycles. The van der Waals surface area contributed by atoms with Gasteiger partial charge in [0.15, 0.2) is 0 Å².